The summed E-state index contributed by atoms with van der Waals surface area (Å²) in [6, 6.07) is 7.68. The van der Waals surface area contributed by atoms with Crippen LogP contribution >= 0.6 is 0 Å². The maximum Gasteiger partial charge on any atom is 0.471 e. The van der Waals surface area contributed by atoms with Crippen molar-refractivity contribution >= 4 is 15.6 Å². The van der Waals surface area contributed by atoms with Crippen molar-refractivity contribution in [1.82, 2.24) is 10.1 Å². The molecule has 0 fully saturated rings. The Labute approximate surface area is 160 Å². The average Bonchev–Trinajstić information content (AvgIpc) is 3.11. The summed E-state index contributed by atoms with van der Waals surface area (Å²) < 4.78 is 85.8. The van der Waals surface area contributed by atoms with Crippen LogP contribution in [-0.2, 0) is 15.9 Å². The van der Waals surface area contributed by atoms with Crippen LogP contribution in [0.4, 0.5) is 22.0 Å². The minimum Gasteiger partial charge on any atom is -0.329 e. The van der Waals surface area contributed by atoms with E-state index in [0.29, 0.717) is 6.07 Å². The number of aromatic nitrogens is 2. The summed E-state index contributed by atoms with van der Waals surface area (Å²) in [4.78, 5) is 15.0. The van der Waals surface area contributed by atoms with Crippen molar-refractivity contribution in [1.29, 1.82) is 0 Å². The van der Waals surface area contributed by atoms with Crippen molar-refractivity contribution in [2.45, 2.75) is 11.1 Å². The fourth-order valence-electron chi connectivity index (χ4n) is 2.29. The van der Waals surface area contributed by atoms with Gasteiger partial charge in [0.2, 0.25) is 5.82 Å². The molecule has 12 heteroatoms. The van der Waals surface area contributed by atoms with Crippen LogP contribution in [0.2, 0.25) is 0 Å². The van der Waals surface area contributed by atoms with Crippen LogP contribution in [0, 0.1) is 11.6 Å². The molecular formula is C17H10F5N3O3S. The fraction of sp³-hybridized carbons (Fsp3) is 0.118. The molecule has 1 unspecified atom stereocenters. The number of carbonyl (C=O) groups excluding carboxylic acids is 1. The second-order valence-corrected chi connectivity index (χ2v) is 7.97. The fourth-order valence-corrected chi connectivity index (χ4v) is 3.57. The quantitative estimate of drug-likeness (QED) is 0.577. The van der Waals surface area contributed by atoms with Gasteiger partial charge in [0.05, 0.1) is 20.2 Å². The van der Waals surface area contributed by atoms with E-state index in [2.05, 4.69) is 19.0 Å². The molecule has 0 saturated heterocycles. The molecular weight excluding hydrogens is 421 g/mol. The van der Waals surface area contributed by atoms with E-state index >= 15 is 0 Å². The van der Waals surface area contributed by atoms with Gasteiger partial charge in [0.1, 0.15) is 11.6 Å². The molecule has 152 valence electrons. The number of rotatable bonds is 3. The Morgan fingerprint density at radius 3 is 2.38 bits per heavy atom. The predicted octanol–water partition coefficient (Wildman–Crippen LogP) is 4.33. The molecule has 1 aromatic heterocycles. The highest BCUT2D eigenvalue weighted by Crippen LogP contribution is 2.30. The van der Waals surface area contributed by atoms with Crippen molar-refractivity contribution in [2.24, 2.45) is 4.36 Å². The molecule has 1 atom stereocenters. The monoisotopic (exact) mass is 431 g/mol. The minimum atomic E-state index is -4.90. The number of halogens is 5. The normalized spacial score (nSPS) is 13.7. The minimum absolute atomic E-state index is 0.295. The average molecular weight is 431 g/mol. The van der Waals surface area contributed by atoms with Gasteiger partial charge in [-0.3, -0.25) is 4.79 Å². The Bertz CT molecular complexity index is 1210. The molecule has 0 aliphatic rings. The highest BCUT2D eigenvalue weighted by Gasteiger charge is 2.38. The lowest BCUT2D eigenvalue weighted by atomic mass is 10.1. The van der Waals surface area contributed by atoms with Crippen molar-refractivity contribution in [3.05, 3.63) is 65.6 Å². The molecule has 3 aromatic rings. The van der Waals surface area contributed by atoms with E-state index in [1.165, 1.54) is 18.2 Å². The molecule has 3 rings (SSSR count). The van der Waals surface area contributed by atoms with Crippen molar-refractivity contribution in [3.63, 3.8) is 0 Å². The zero-order chi connectivity index (χ0) is 21.4. The summed E-state index contributed by atoms with van der Waals surface area (Å²) in [5.41, 5.74) is -0.802. The summed E-state index contributed by atoms with van der Waals surface area (Å²) in [5.74, 6) is -5.38. The molecule has 0 saturated carbocycles. The molecule has 0 aliphatic carbocycles. The Kier molecular flexibility index (Phi) is 5.22. The lowest BCUT2D eigenvalue weighted by Gasteiger charge is -2.06. The van der Waals surface area contributed by atoms with E-state index in [1.807, 2.05) is 0 Å². The van der Waals surface area contributed by atoms with Gasteiger partial charge < -0.3 is 4.52 Å². The Morgan fingerprint density at radius 2 is 1.79 bits per heavy atom. The Hall–Kier alpha value is -3.15. The number of nitrogens with zero attached hydrogens (tertiary/aromatic N) is 3. The van der Waals surface area contributed by atoms with Gasteiger partial charge in [0, 0.05) is 11.8 Å². The number of hydrogen-bond acceptors (Lipinski definition) is 5. The third-order valence-corrected chi connectivity index (χ3v) is 5.29. The molecule has 0 bridgehead atoms. The van der Waals surface area contributed by atoms with E-state index < -0.39 is 50.7 Å². The molecule has 1 amide bonds. The van der Waals surface area contributed by atoms with E-state index in [1.54, 1.807) is 0 Å². The van der Waals surface area contributed by atoms with Crippen molar-refractivity contribution in [3.8, 4) is 11.4 Å². The molecule has 2 aromatic carbocycles. The molecule has 6 nitrogen and oxygen atoms in total. The smallest absolute Gasteiger partial charge is 0.329 e. The number of amides is 1. The first-order valence-electron chi connectivity index (χ1n) is 7.71. The Morgan fingerprint density at radius 1 is 1.10 bits per heavy atom. The topological polar surface area (TPSA) is 85.4 Å². The SMILES string of the molecule is CS(=O)(=NC(=O)c1ccc(-c2noc(C(F)(F)F)n2)c(F)c1)c1ccccc1F. The van der Waals surface area contributed by atoms with Crippen LogP contribution in [0.1, 0.15) is 16.2 Å². The molecule has 0 N–H and O–H groups in total. The standard InChI is InChI=1S/C17H10F5N3O3S/c1-29(27,13-5-3-2-4-11(13)18)25-15(26)9-6-7-10(12(19)8-9)14-23-16(28-24-14)17(20,21)22/h2-8H,1H3. The van der Waals surface area contributed by atoms with Crippen LogP contribution in [0.5, 0.6) is 0 Å². The molecule has 0 spiro atoms. The van der Waals surface area contributed by atoms with E-state index in [0.717, 1.165) is 24.5 Å². The molecule has 0 radical (unpaired) electrons. The summed E-state index contributed by atoms with van der Waals surface area (Å²) in [5, 5.41) is 3.06. The largest absolute Gasteiger partial charge is 0.471 e. The number of hydrogen-bond donors (Lipinski definition) is 0. The molecule has 29 heavy (non-hydrogen) atoms. The van der Waals surface area contributed by atoms with Crippen LogP contribution < -0.4 is 0 Å². The second kappa shape index (κ2) is 7.35. The highest BCUT2D eigenvalue weighted by atomic mass is 32.2. The van der Waals surface area contributed by atoms with Crippen LogP contribution in [0.3, 0.4) is 0 Å². The van der Waals surface area contributed by atoms with E-state index in [9.17, 15) is 31.0 Å². The molecule has 0 aliphatic heterocycles. The second-order valence-electron chi connectivity index (χ2n) is 5.74. The lowest BCUT2D eigenvalue weighted by Crippen LogP contribution is -2.06. The van der Waals surface area contributed by atoms with Gasteiger partial charge in [0.15, 0.2) is 0 Å². The van der Waals surface area contributed by atoms with Crippen LogP contribution in [0.15, 0.2) is 56.2 Å². The highest BCUT2D eigenvalue weighted by molar-refractivity contribution is 7.93. The maximum atomic E-state index is 14.3. The van der Waals surface area contributed by atoms with Crippen molar-refractivity contribution in [2.75, 3.05) is 6.26 Å². The summed E-state index contributed by atoms with van der Waals surface area (Å²) >= 11 is 0. The van der Waals surface area contributed by atoms with Crippen molar-refractivity contribution < 1.29 is 35.5 Å². The zero-order valence-corrected chi connectivity index (χ0v) is 15.2. The van der Waals surface area contributed by atoms with Gasteiger partial charge in [-0.1, -0.05) is 17.3 Å². The molecule has 1 heterocycles. The van der Waals surface area contributed by atoms with Gasteiger partial charge >= 0.3 is 12.1 Å². The van der Waals surface area contributed by atoms with E-state index in [-0.39, 0.29) is 10.5 Å². The zero-order valence-electron chi connectivity index (χ0n) is 14.4. The lowest BCUT2D eigenvalue weighted by molar-refractivity contribution is -0.159. The van der Waals surface area contributed by atoms with Gasteiger partial charge in [-0.15, -0.1) is 0 Å². The van der Waals surface area contributed by atoms with Crippen LogP contribution in [0.25, 0.3) is 11.4 Å². The van der Waals surface area contributed by atoms with Gasteiger partial charge in [-0.25, -0.2) is 13.0 Å². The number of alkyl halides is 3. The maximum absolute atomic E-state index is 14.3. The number of benzene rings is 2. The summed E-state index contributed by atoms with van der Waals surface area (Å²) in [7, 11) is -3.46. The van der Waals surface area contributed by atoms with E-state index in [4.69, 9.17) is 0 Å². The van der Waals surface area contributed by atoms with Gasteiger partial charge in [-0.05, 0) is 30.3 Å². The third-order valence-electron chi connectivity index (χ3n) is 3.63. The predicted molar refractivity (Wildman–Crippen MR) is 90.2 cm³/mol. The van der Waals surface area contributed by atoms with Gasteiger partial charge in [-0.2, -0.15) is 22.5 Å². The van der Waals surface area contributed by atoms with Crippen LogP contribution in [-0.4, -0.2) is 26.5 Å². The first-order chi connectivity index (χ1) is 13.5. The first kappa shape index (κ1) is 20.6. The van der Waals surface area contributed by atoms with Gasteiger partial charge in [0.25, 0.3) is 5.91 Å². The Balaban J connectivity index is 1.94. The third kappa shape index (κ3) is 4.31. The first-order valence-corrected chi connectivity index (χ1v) is 9.63. The number of carbonyl (C=O) groups is 1. The summed E-state index contributed by atoms with van der Waals surface area (Å²) in [6.07, 6.45) is -3.85. The summed E-state index contributed by atoms with van der Waals surface area (Å²) in [6.45, 7) is 0.